The van der Waals surface area contributed by atoms with Gasteiger partial charge in [0.25, 0.3) is 0 Å². The summed E-state index contributed by atoms with van der Waals surface area (Å²) in [6.07, 6.45) is 4.56. The third kappa shape index (κ3) is 3.75. The molecule has 0 radical (unpaired) electrons. The molecule has 2 bridgehead atoms. The van der Waals surface area contributed by atoms with Crippen molar-refractivity contribution < 1.29 is 4.92 Å². The van der Waals surface area contributed by atoms with Crippen LogP contribution in [0.25, 0.3) is 0 Å². The van der Waals surface area contributed by atoms with Crippen LogP contribution in [0.15, 0.2) is 24.5 Å². The van der Waals surface area contributed by atoms with Crippen molar-refractivity contribution in [2.75, 3.05) is 16.8 Å². The number of anilines is 3. The summed E-state index contributed by atoms with van der Waals surface area (Å²) in [5, 5.41) is 15.8. The molecule has 1 aromatic carbocycles. The third-order valence-corrected chi connectivity index (χ3v) is 6.35. The van der Waals surface area contributed by atoms with E-state index in [4.69, 9.17) is 11.6 Å². The molecule has 2 unspecified atom stereocenters. The van der Waals surface area contributed by atoms with Crippen LogP contribution in [0.4, 0.5) is 23.0 Å². The zero-order valence-electron chi connectivity index (χ0n) is 17.2. The Morgan fingerprint density at radius 2 is 2.03 bits per heavy atom. The maximum atomic E-state index is 12.1. The van der Waals surface area contributed by atoms with Gasteiger partial charge in [0, 0.05) is 23.3 Å². The molecule has 1 aliphatic heterocycles. The Morgan fingerprint density at radius 3 is 2.72 bits per heavy atom. The average molecular weight is 416 g/mol. The van der Waals surface area contributed by atoms with E-state index in [-0.39, 0.29) is 33.3 Å². The van der Waals surface area contributed by atoms with Crippen molar-refractivity contribution in [3.8, 4) is 0 Å². The molecule has 1 N–H and O–H groups in total. The van der Waals surface area contributed by atoms with Gasteiger partial charge in [-0.2, -0.15) is 0 Å². The molecule has 154 valence electrons. The first-order chi connectivity index (χ1) is 13.6. The Labute approximate surface area is 175 Å². The fourth-order valence-corrected chi connectivity index (χ4v) is 5.67. The highest BCUT2D eigenvalue weighted by Gasteiger charge is 2.51. The van der Waals surface area contributed by atoms with Gasteiger partial charge in [0.05, 0.1) is 4.92 Å². The minimum absolute atomic E-state index is 0.0733. The summed E-state index contributed by atoms with van der Waals surface area (Å²) in [5.41, 5.74) is 1.91. The minimum Gasteiger partial charge on any atom is -0.347 e. The van der Waals surface area contributed by atoms with Gasteiger partial charge in [-0.3, -0.25) is 10.1 Å². The molecule has 1 aliphatic carbocycles. The average Bonchev–Trinajstić information content (AvgIpc) is 2.85. The third-order valence-electron chi connectivity index (χ3n) is 6.11. The van der Waals surface area contributed by atoms with E-state index in [2.05, 4.69) is 41.0 Å². The number of rotatable bonds is 4. The summed E-state index contributed by atoms with van der Waals surface area (Å²) in [4.78, 5) is 22.4. The number of nitrogens with zero attached hydrogens (tertiary/aromatic N) is 4. The van der Waals surface area contributed by atoms with Crippen LogP contribution in [-0.4, -0.2) is 27.5 Å². The first-order valence-electron chi connectivity index (χ1n) is 9.86. The number of hydrogen-bond acceptors (Lipinski definition) is 6. The fraction of sp³-hybridized carbons (Fsp3) is 0.524. The van der Waals surface area contributed by atoms with Crippen molar-refractivity contribution in [2.45, 2.75) is 53.0 Å². The van der Waals surface area contributed by atoms with E-state index in [0.29, 0.717) is 10.8 Å². The molecular formula is C21H26ClN5O2. The number of halogens is 1. The normalized spacial score (nSPS) is 25.1. The van der Waals surface area contributed by atoms with E-state index in [0.717, 1.165) is 37.1 Å². The van der Waals surface area contributed by atoms with Crippen molar-refractivity contribution in [3.63, 3.8) is 0 Å². The van der Waals surface area contributed by atoms with Crippen molar-refractivity contribution in [3.05, 3.63) is 45.2 Å². The molecule has 8 heteroatoms. The maximum Gasteiger partial charge on any atom is 0.353 e. The number of hydrogen-bond donors (Lipinski definition) is 1. The molecular weight excluding hydrogens is 390 g/mol. The Morgan fingerprint density at radius 1 is 1.28 bits per heavy atom. The molecule has 2 fully saturated rings. The lowest BCUT2D eigenvalue weighted by atomic mass is 9.65. The first kappa shape index (κ1) is 19.9. The summed E-state index contributed by atoms with van der Waals surface area (Å²) in [6, 6.07) is 5.61. The molecule has 1 saturated heterocycles. The molecule has 2 atom stereocenters. The summed E-state index contributed by atoms with van der Waals surface area (Å²) >= 11 is 6.03. The highest BCUT2D eigenvalue weighted by Crippen LogP contribution is 2.54. The monoisotopic (exact) mass is 415 g/mol. The Hall–Kier alpha value is -2.41. The van der Waals surface area contributed by atoms with E-state index in [1.54, 1.807) is 12.1 Å². The maximum absolute atomic E-state index is 12.1. The molecule has 29 heavy (non-hydrogen) atoms. The number of nitro groups is 1. The highest BCUT2D eigenvalue weighted by atomic mass is 35.5. The number of aromatic nitrogens is 2. The molecule has 0 spiro atoms. The van der Waals surface area contributed by atoms with Crippen molar-refractivity contribution in [1.82, 2.24) is 9.97 Å². The van der Waals surface area contributed by atoms with E-state index < -0.39 is 0 Å². The fourth-order valence-electron chi connectivity index (χ4n) is 5.44. The van der Waals surface area contributed by atoms with E-state index in [1.807, 2.05) is 13.0 Å². The molecule has 2 aromatic rings. The molecule has 7 nitrogen and oxygen atoms in total. The Bertz CT molecular complexity index is 980. The van der Waals surface area contributed by atoms with Crippen LogP contribution in [-0.2, 0) is 0 Å². The van der Waals surface area contributed by atoms with E-state index in [9.17, 15) is 10.1 Å². The SMILES string of the molecule is Cc1cc(Cl)ccc1Nc1ncnc(N2CC3(C)CC2CC(C)(C)C3)c1[N+](=O)[O-]. The van der Waals surface area contributed by atoms with Crippen LogP contribution in [0.1, 0.15) is 45.6 Å². The standard InChI is InChI=1S/C21H26ClN5O2/c1-13-7-14(22)5-6-16(13)25-18-17(27(28)29)19(24-12-23-18)26-11-21(4)9-15(26)8-20(2,3)10-21/h5-7,12,15H,8-11H2,1-4H3,(H,23,24,25). The Kier molecular flexibility index (Phi) is 4.69. The van der Waals surface area contributed by atoms with Crippen LogP contribution >= 0.6 is 11.6 Å². The predicted molar refractivity (Wildman–Crippen MR) is 115 cm³/mol. The van der Waals surface area contributed by atoms with Gasteiger partial charge < -0.3 is 10.2 Å². The number of aryl methyl sites for hydroxylation is 1. The zero-order chi connectivity index (χ0) is 21.0. The summed E-state index contributed by atoms with van der Waals surface area (Å²) < 4.78 is 0. The van der Waals surface area contributed by atoms with Gasteiger partial charge in [0.2, 0.25) is 11.6 Å². The summed E-state index contributed by atoms with van der Waals surface area (Å²) in [6.45, 7) is 9.52. The highest BCUT2D eigenvalue weighted by molar-refractivity contribution is 6.30. The van der Waals surface area contributed by atoms with Crippen LogP contribution in [0.3, 0.4) is 0 Å². The zero-order valence-corrected chi connectivity index (χ0v) is 18.0. The van der Waals surface area contributed by atoms with Crippen LogP contribution in [0.5, 0.6) is 0 Å². The number of benzene rings is 1. The van der Waals surface area contributed by atoms with E-state index >= 15 is 0 Å². The lowest BCUT2D eigenvalue weighted by Crippen LogP contribution is -2.35. The topological polar surface area (TPSA) is 84.2 Å². The second kappa shape index (κ2) is 6.83. The van der Waals surface area contributed by atoms with Gasteiger partial charge in [-0.1, -0.05) is 32.4 Å². The second-order valence-corrected chi connectivity index (χ2v) is 10.0. The van der Waals surface area contributed by atoms with Gasteiger partial charge in [-0.05, 0) is 60.8 Å². The van der Waals surface area contributed by atoms with Crippen LogP contribution < -0.4 is 10.2 Å². The Balaban J connectivity index is 1.74. The smallest absolute Gasteiger partial charge is 0.347 e. The number of fused-ring (bicyclic) bond motifs is 2. The molecule has 1 aromatic heterocycles. The number of nitrogens with one attached hydrogen (secondary N) is 1. The van der Waals surface area contributed by atoms with Crippen molar-refractivity contribution >= 4 is 34.6 Å². The van der Waals surface area contributed by atoms with Crippen LogP contribution in [0, 0.1) is 27.9 Å². The van der Waals surface area contributed by atoms with Crippen molar-refractivity contribution in [2.24, 2.45) is 10.8 Å². The van der Waals surface area contributed by atoms with Gasteiger partial charge in [0.15, 0.2) is 0 Å². The molecule has 1 saturated carbocycles. The second-order valence-electron chi connectivity index (χ2n) is 9.58. The minimum atomic E-state index is -0.376. The molecule has 4 rings (SSSR count). The quantitative estimate of drug-likeness (QED) is 0.524. The van der Waals surface area contributed by atoms with Gasteiger partial charge >= 0.3 is 5.69 Å². The molecule has 2 aliphatic rings. The van der Waals surface area contributed by atoms with Gasteiger partial charge in [0.1, 0.15) is 6.33 Å². The van der Waals surface area contributed by atoms with Crippen LogP contribution in [0.2, 0.25) is 5.02 Å². The molecule has 0 amide bonds. The van der Waals surface area contributed by atoms with E-state index in [1.165, 1.54) is 6.33 Å². The lowest BCUT2D eigenvalue weighted by molar-refractivity contribution is -0.383. The molecule has 2 heterocycles. The lowest BCUT2D eigenvalue weighted by Gasteiger charge is -2.39. The predicted octanol–water partition coefficient (Wildman–Crippen LogP) is 5.50. The van der Waals surface area contributed by atoms with Gasteiger partial charge in [-0.15, -0.1) is 0 Å². The summed E-state index contributed by atoms with van der Waals surface area (Å²) in [7, 11) is 0. The van der Waals surface area contributed by atoms with Gasteiger partial charge in [-0.25, -0.2) is 9.97 Å². The van der Waals surface area contributed by atoms with Crippen molar-refractivity contribution in [1.29, 1.82) is 0 Å². The summed E-state index contributed by atoms with van der Waals surface area (Å²) in [5.74, 6) is 0.613. The largest absolute Gasteiger partial charge is 0.353 e. The first-order valence-corrected chi connectivity index (χ1v) is 10.2.